The van der Waals surface area contributed by atoms with Crippen molar-refractivity contribution in [2.75, 3.05) is 26.7 Å². The molecule has 0 aromatic carbocycles. The van der Waals surface area contributed by atoms with Crippen LogP contribution >= 0.6 is 0 Å². The molecule has 0 N–H and O–H groups in total. The number of carbonyl (C=O) groups is 1. The molecule has 1 amide bonds. The van der Waals surface area contributed by atoms with Crippen molar-refractivity contribution in [2.45, 2.75) is 33.4 Å². The lowest BCUT2D eigenvalue weighted by molar-refractivity contribution is 0.0532. The highest BCUT2D eigenvalue weighted by Crippen LogP contribution is 2.21. The Morgan fingerprint density at radius 2 is 2.13 bits per heavy atom. The van der Waals surface area contributed by atoms with E-state index in [0.29, 0.717) is 6.54 Å². The Bertz CT molecular complexity index is 687. The largest absolute Gasteiger partial charge is 0.467 e. The second-order valence-electron chi connectivity index (χ2n) is 6.56. The molecule has 3 heterocycles. The van der Waals surface area contributed by atoms with Gasteiger partial charge < -0.3 is 18.8 Å². The Morgan fingerprint density at radius 3 is 2.78 bits per heavy atom. The van der Waals surface area contributed by atoms with Gasteiger partial charge in [-0.1, -0.05) is 0 Å². The molecule has 1 aliphatic heterocycles. The molecule has 5 nitrogen and oxygen atoms in total. The van der Waals surface area contributed by atoms with E-state index in [1.54, 1.807) is 6.26 Å². The van der Waals surface area contributed by atoms with Crippen LogP contribution in [0.1, 0.15) is 34.4 Å². The number of carbonyl (C=O) groups excluding carboxylic acids is 1. The average Bonchev–Trinajstić information content (AvgIpc) is 3.10. The molecular formula is C18H25N3O2. The summed E-state index contributed by atoms with van der Waals surface area (Å²) < 4.78 is 7.59. The van der Waals surface area contributed by atoms with Crippen molar-refractivity contribution in [2.24, 2.45) is 0 Å². The molecule has 124 valence electrons. The Kier molecular flexibility index (Phi) is 4.31. The van der Waals surface area contributed by atoms with Gasteiger partial charge in [0.2, 0.25) is 0 Å². The lowest BCUT2D eigenvalue weighted by atomic mass is 10.1. The summed E-state index contributed by atoms with van der Waals surface area (Å²) >= 11 is 0. The lowest BCUT2D eigenvalue weighted by Crippen LogP contribution is -2.52. The topological polar surface area (TPSA) is 41.6 Å². The Hall–Kier alpha value is -2.01. The molecule has 0 bridgehead atoms. The summed E-state index contributed by atoms with van der Waals surface area (Å²) in [7, 11) is 2.10. The van der Waals surface area contributed by atoms with E-state index in [1.165, 1.54) is 0 Å². The first kappa shape index (κ1) is 15.9. The van der Waals surface area contributed by atoms with E-state index in [4.69, 9.17) is 4.42 Å². The average molecular weight is 315 g/mol. The van der Waals surface area contributed by atoms with E-state index in [1.807, 2.05) is 36.9 Å². The highest BCUT2D eigenvalue weighted by Gasteiger charge is 2.28. The van der Waals surface area contributed by atoms with Crippen molar-refractivity contribution in [1.29, 1.82) is 0 Å². The zero-order valence-corrected chi connectivity index (χ0v) is 14.4. The van der Waals surface area contributed by atoms with E-state index >= 15 is 0 Å². The molecule has 0 radical (unpaired) electrons. The zero-order chi connectivity index (χ0) is 16.6. The first-order valence-corrected chi connectivity index (χ1v) is 8.16. The first-order chi connectivity index (χ1) is 11.0. The third-order valence-electron chi connectivity index (χ3n) is 4.79. The predicted octanol–water partition coefficient (Wildman–Crippen LogP) is 2.52. The number of aryl methyl sites for hydroxylation is 1. The number of rotatable bonds is 3. The van der Waals surface area contributed by atoms with Gasteiger partial charge in [-0.15, -0.1) is 0 Å². The minimum absolute atomic E-state index is 0.143. The molecule has 0 unspecified atom stereocenters. The van der Waals surface area contributed by atoms with Crippen LogP contribution in [-0.4, -0.2) is 53.0 Å². The van der Waals surface area contributed by atoms with Gasteiger partial charge in [0, 0.05) is 37.1 Å². The van der Waals surface area contributed by atoms with Crippen LogP contribution in [0.25, 0.3) is 0 Å². The van der Waals surface area contributed by atoms with Gasteiger partial charge in [0.25, 0.3) is 5.91 Å². The Labute approximate surface area is 137 Å². The van der Waals surface area contributed by atoms with Crippen LogP contribution in [-0.2, 0) is 6.54 Å². The summed E-state index contributed by atoms with van der Waals surface area (Å²) in [5, 5.41) is 0. The summed E-state index contributed by atoms with van der Waals surface area (Å²) in [6.07, 6.45) is 1.68. The third-order valence-corrected chi connectivity index (χ3v) is 4.79. The summed E-state index contributed by atoms with van der Waals surface area (Å²) in [4.78, 5) is 17.2. The van der Waals surface area contributed by atoms with E-state index in [-0.39, 0.29) is 11.9 Å². The van der Waals surface area contributed by atoms with Crippen molar-refractivity contribution >= 4 is 5.91 Å². The quantitative estimate of drug-likeness (QED) is 0.874. The van der Waals surface area contributed by atoms with Gasteiger partial charge in [0.15, 0.2) is 0 Å². The monoisotopic (exact) mass is 315 g/mol. The molecule has 5 heteroatoms. The van der Waals surface area contributed by atoms with E-state index in [0.717, 1.165) is 42.3 Å². The zero-order valence-electron chi connectivity index (χ0n) is 14.4. The SMILES string of the molecule is Cc1cc(C(=O)N2CCN(C)C[C@H]2C)c(C)n1Cc1ccco1. The molecule has 23 heavy (non-hydrogen) atoms. The number of likely N-dealkylation sites (N-methyl/N-ethyl adjacent to an activating group) is 1. The summed E-state index contributed by atoms with van der Waals surface area (Å²) in [6.45, 7) is 9.49. The van der Waals surface area contributed by atoms with Gasteiger partial charge in [-0.3, -0.25) is 4.79 Å². The van der Waals surface area contributed by atoms with Crippen LogP contribution in [0.2, 0.25) is 0 Å². The first-order valence-electron chi connectivity index (χ1n) is 8.16. The molecule has 0 saturated carbocycles. The number of nitrogens with zero attached hydrogens (tertiary/aromatic N) is 3. The minimum Gasteiger partial charge on any atom is -0.467 e. The van der Waals surface area contributed by atoms with Gasteiger partial charge >= 0.3 is 0 Å². The fourth-order valence-electron chi connectivity index (χ4n) is 3.42. The van der Waals surface area contributed by atoms with Gasteiger partial charge in [-0.2, -0.15) is 0 Å². The normalized spacial score (nSPS) is 19.3. The Morgan fingerprint density at radius 1 is 1.35 bits per heavy atom. The molecule has 2 aromatic heterocycles. The number of aromatic nitrogens is 1. The second-order valence-corrected chi connectivity index (χ2v) is 6.56. The summed E-state index contributed by atoms with van der Waals surface area (Å²) in [5.74, 6) is 1.04. The molecule has 0 spiro atoms. The molecule has 1 saturated heterocycles. The van der Waals surface area contributed by atoms with Crippen LogP contribution in [0, 0.1) is 13.8 Å². The van der Waals surface area contributed by atoms with Crippen molar-refractivity contribution in [1.82, 2.24) is 14.4 Å². The van der Waals surface area contributed by atoms with Gasteiger partial charge in [0.1, 0.15) is 5.76 Å². The number of hydrogen-bond acceptors (Lipinski definition) is 3. The van der Waals surface area contributed by atoms with Crippen molar-refractivity contribution < 1.29 is 9.21 Å². The maximum absolute atomic E-state index is 13.0. The van der Waals surface area contributed by atoms with Crippen LogP contribution in [0.5, 0.6) is 0 Å². The van der Waals surface area contributed by atoms with E-state index in [2.05, 4.69) is 23.4 Å². The maximum Gasteiger partial charge on any atom is 0.256 e. The van der Waals surface area contributed by atoms with E-state index < -0.39 is 0 Å². The smallest absolute Gasteiger partial charge is 0.256 e. The van der Waals surface area contributed by atoms with E-state index in [9.17, 15) is 4.79 Å². The number of hydrogen-bond donors (Lipinski definition) is 0. The number of piperazine rings is 1. The summed E-state index contributed by atoms with van der Waals surface area (Å²) in [6, 6.07) is 6.10. The standard InChI is InChI=1S/C18H25N3O2/c1-13-10-17(15(3)21(13)12-16-6-5-9-23-16)18(22)20-8-7-19(4)11-14(20)2/h5-6,9-10,14H,7-8,11-12H2,1-4H3/t14-/m1/s1. The third kappa shape index (κ3) is 3.06. The second kappa shape index (κ2) is 6.24. The molecule has 1 aliphatic rings. The van der Waals surface area contributed by atoms with Crippen molar-refractivity contribution in [3.05, 3.63) is 47.2 Å². The van der Waals surface area contributed by atoms with Gasteiger partial charge in [-0.05, 0) is 46.0 Å². The summed E-state index contributed by atoms with van der Waals surface area (Å²) in [5.41, 5.74) is 2.91. The maximum atomic E-state index is 13.0. The predicted molar refractivity (Wildman–Crippen MR) is 89.7 cm³/mol. The lowest BCUT2D eigenvalue weighted by Gasteiger charge is -2.38. The molecule has 1 atom stereocenters. The molecule has 2 aromatic rings. The van der Waals surface area contributed by atoms with Gasteiger partial charge in [0.05, 0.1) is 18.4 Å². The number of amides is 1. The van der Waals surface area contributed by atoms with Crippen LogP contribution in [0.3, 0.4) is 0 Å². The van der Waals surface area contributed by atoms with Crippen LogP contribution in [0.15, 0.2) is 28.9 Å². The van der Waals surface area contributed by atoms with Crippen molar-refractivity contribution in [3.63, 3.8) is 0 Å². The Balaban J connectivity index is 1.84. The number of furan rings is 1. The molecule has 3 rings (SSSR count). The van der Waals surface area contributed by atoms with Crippen LogP contribution in [0.4, 0.5) is 0 Å². The highest BCUT2D eigenvalue weighted by atomic mass is 16.3. The van der Waals surface area contributed by atoms with Gasteiger partial charge in [-0.25, -0.2) is 0 Å². The van der Waals surface area contributed by atoms with Crippen LogP contribution < -0.4 is 0 Å². The molecule has 1 fully saturated rings. The minimum atomic E-state index is 0.143. The molecular weight excluding hydrogens is 290 g/mol. The fourth-order valence-corrected chi connectivity index (χ4v) is 3.42. The molecule has 0 aliphatic carbocycles. The fraction of sp³-hybridized carbons (Fsp3) is 0.500. The highest BCUT2D eigenvalue weighted by molar-refractivity contribution is 5.96. The van der Waals surface area contributed by atoms with Crippen molar-refractivity contribution in [3.8, 4) is 0 Å².